The van der Waals surface area contributed by atoms with Gasteiger partial charge in [-0.25, -0.2) is 9.67 Å². The van der Waals surface area contributed by atoms with Crippen LogP contribution in [-0.2, 0) is 0 Å². The highest BCUT2D eigenvalue weighted by Gasteiger charge is 2.13. The van der Waals surface area contributed by atoms with Crippen molar-refractivity contribution in [3.8, 4) is 5.69 Å². The Bertz CT molecular complexity index is 1080. The van der Waals surface area contributed by atoms with Crippen LogP contribution in [0.3, 0.4) is 0 Å². The Kier molecular flexibility index (Phi) is 3.98. The number of nitrogens with one attached hydrogen (secondary N) is 1. The molecule has 3 heterocycles. The molecule has 0 radical (unpaired) electrons. The standard InChI is InChI=1S/C16H12Cl2N8/c17-9-2-1-3-10(18)14(9)26-7-8-11(25-26)4-5-21-15(8)23-13-6-12(19)22-16(20)24-13/h1-7H,(H5,19,20,21,22,23,24). The predicted octanol–water partition coefficient (Wildman–Crippen LogP) is 3.43. The first-order valence-corrected chi connectivity index (χ1v) is 8.22. The molecule has 8 nitrogen and oxygen atoms in total. The zero-order chi connectivity index (χ0) is 18.3. The summed E-state index contributed by atoms with van der Waals surface area (Å²) in [5.74, 6) is 1.29. The summed E-state index contributed by atoms with van der Waals surface area (Å²) in [7, 11) is 0. The second kappa shape index (κ2) is 6.32. The fourth-order valence-corrected chi connectivity index (χ4v) is 3.11. The molecule has 0 saturated heterocycles. The van der Waals surface area contributed by atoms with E-state index in [1.165, 1.54) is 0 Å². The second-order valence-electron chi connectivity index (χ2n) is 5.40. The van der Waals surface area contributed by atoms with E-state index in [0.29, 0.717) is 32.9 Å². The number of nitrogens with zero attached hydrogens (tertiary/aromatic N) is 5. The number of pyridine rings is 1. The quantitative estimate of drug-likeness (QED) is 0.493. The number of hydrogen-bond acceptors (Lipinski definition) is 7. The highest BCUT2D eigenvalue weighted by Crippen LogP contribution is 2.31. The van der Waals surface area contributed by atoms with Crippen LogP contribution < -0.4 is 16.8 Å². The van der Waals surface area contributed by atoms with Gasteiger partial charge in [0.05, 0.1) is 20.9 Å². The van der Waals surface area contributed by atoms with Crippen molar-refractivity contribution in [2.45, 2.75) is 0 Å². The maximum absolute atomic E-state index is 6.27. The predicted molar refractivity (Wildman–Crippen MR) is 103 cm³/mol. The monoisotopic (exact) mass is 386 g/mol. The number of nitrogens with two attached hydrogens (primary N) is 2. The molecule has 5 N–H and O–H groups in total. The van der Waals surface area contributed by atoms with Crippen LogP contribution in [0.15, 0.2) is 42.7 Å². The van der Waals surface area contributed by atoms with Gasteiger partial charge in [-0.2, -0.15) is 15.1 Å². The highest BCUT2D eigenvalue weighted by atomic mass is 35.5. The Hall–Kier alpha value is -3.10. The topological polar surface area (TPSA) is 121 Å². The van der Waals surface area contributed by atoms with Crippen molar-refractivity contribution in [2.24, 2.45) is 0 Å². The zero-order valence-electron chi connectivity index (χ0n) is 13.2. The summed E-state index contributed by atoms with van der Waals surface area (Å²) in [5, 5.41) is 9.34. The van der Waals surface area contributed by atoms with Gasteiger partial charge in [-0.05, 0) is 18.2 Å². The van der Waals surface area contributed by atoms with Crippen LogP contribution in [0.5, 0.6) is 0 Å². The van der Waals surface area contributed by atoms with Crippen LogP contribution >= 0.6 is 23.2 Å². The SMILES string of the molecule is Nc1cc(Nc2nccc3nn(-c4c(Cl)cccc4Cl)cc23)nc(N)n1. The van der Waals surface area contributed by atoms with Gasteiger partial charge in [0.25, 0.3) is 0 Å². The van der Waals surface area contributed by atoms with Crippen LogP contribution in [0.1, 0.15) is 0 Å². The Balaban J connectivity index is 1.81. The average Bonchev–Trinajstić information content (AvgIpc) is 2.98. The number of nitrogen functional groups attached to an aromatic ring is 2. The number of anilines is 4. The molecule has 1 aromatic carbocycles. The number of para-hydroxylation sites is 1. The molecule has 0 aliphatic heterocycles. The summed E-state index contributed by atoms with van der Waals surface area (Å²) in [6, 6.07) is 8.62. The molecule has 0 bridgehead atoms. The van der Waals surface area contributed by atoms with Gasteiger partial charge in [-0.3, -0.25) is 0 Å². The van der Waals surface area contributed by atoms with Gasteiger partial charge in [0, 0.05) is 18.5 Å². The van der Waals surface area contributed by atoms with Gasteiger partial charge in [0.1, 0.15) is 23.1 Å². The van der Waals surface area contributed by atoms with Crippen LogP contribution in [0, 0.1) is 0 Å². The van der Waals surface area contributed by atoms with E-state index in [2.05, 4.69) is 25.4 Å². The number of fused-ring (bicyclic) bond motifs is 1. The van der Waals surface area contributed by atoms with Crippen molar-refractivity contribution >= 4 is 57.5 Å². The lowest BCUT2D eigenvalue weighted by molar-refractivity contribution is 0.897. The molecule has 0 fully saturated rings. The number of hydrogen-bond donors (Lipinski definition) is 3. The van der Waals surface area contributed by atoms with Crippen molar-refractivity contribution in [2.75, 3.05) is 16.8 Å². The van der Waals surface area contributed by atoms with E-state index in [1.54, 1.807) is 47.4 Å². The van der Waals surface area contributed by atoms with Crippen LogP contribution in [0.25, 0.3) is 16.6 Å². The minimum absolute atomic E-state index is 0.0678. The van der Waals surface area contributed by atoms with Gasteiger partial charge in [-0.15, -0.1) is 0 Å². The Labute approximate surface area is 157 Å². The Morgan fingerprint density at radius 3 is 2.54 bits per heavy atom. The molecule has 4 rings (SSSR count). The van der Waals surface area contributed by atoms with E-state index in [0.717, 1.165) is 5.39 Å². The molecular formula is C16H12Cl2N8. The van der Waals surface area contributed by atoms with Gasteiger partial charge in [0.15, 0.2) is 0 Å². The lowest BCUT2D eigenvalue weighted by Crippen LogP contribution is -2.03. The molecule has 0 aliphatic carbocycles. The van der Waals surface area contributed by atoms with Gasteiger partial charge >= 0.3 is 0 Å². The number of benzene rings is 1. The molecule has 3 aromatic heterocycles. The number of halogens is 2. The van der Waals surface area contributed by atoms with Crippen molar-refractivity contribution < 1.29 is 0 Å². The van der Waals surface area contributed by atoms with E-state index in [4.69, 9.17) is 34.7 Å². The largest absolute Gasteiger partial charge is 0.383 e. The third-order valence-corrected chi connectivity index (χ3v) is 4.22. The molecule has 0 spiro atoms. The van der Waals surface area contributed by atoms with Crippen molar-refractivity contribution in [1.29, 1.82) is 0 Å². The zero-order valence-corrected chi connectivity index (χ0v) is 14.7. The molecule has 4 aromatic rings. The first-order chi connectivity index (χ1) is 12.5. The van der Waals surface area contributed by atoms with Crippen molar-refractivity contribution in [3.63, 3.8) is 0 Å². The lowest BCUT2D eigenvalue weighted by atomic mass is 10.3. The van der Waals surface area contributed by atoms with E-state index in [1.807, 2.05) is 0 Å². The highest BCUT2D eigenvalue weighted by molar-refractivity contribution is 6.37. The smallest absolute Gasteiger partial charge is 0.223 e. The van der Waals surface area contributed by atoms with Crippen molar-refractivity contribution in [3.05, 3.63) is 52.8 Å². The Morgan fingerprint density at radius 2 is 1.81 bits per heavy atom. The third-order valence-electron chi connectivity index (χ3n) is 3.61. The van der Waals surface area contributed by atoms with Crippen molar-refractivity contribution in [1.82, 2.24) is 24.7 Å². The molecular weight excluding hydrogens is 375 g/mol. The van der Waals surface area contributed by atoms with Crippen LogP contribution in [-0.4, -0.2) is 24.7 Å². The third kappa shape index (κ3) is 2.96. The Morgan fingerprint density at radius 1 is 1.04 bits per heavy atom. The minimum Gasteiger partial charge on any atom is -0.383 e. The summed E-state index contributed by atoms with van der Waals surface area (Å²) in [5.41, 5.74) is 12.6. The number of aromatic nitrogens is 5. The maximum atomic E-state index is 6.27. The summed E-state index contributed by atoms with van der Waals surface area (Å²) in [4.78, 5) is 12.3. The molecule has 26 heavy (non-hydrogen) atoms. The van der Waals surface area contributed by atoms with Crippen LogP contribution in [0.4, 0.5) is 23.4 Å². The van der Waals surface area contributed by atoms with E-state index >= 15 is 0 Å². The number of rotatable bonds is 3. The average molecular weight is 387 g/mol. The summed E-state index contributed by atoms with van der Waals surface area (Å²) in [6.07, 6.45) is 3.41. The second-order valence-corrected chi connectivity index (χ2v) is 6.21. The molecule has 0 unspecified atom stereocenters. The first kappa shape index (κ1) is 16.4. The molecule has 0 aliphatic rings. The molecule has 130 valence electrons. The summed E-state index contributed by atoms with van der Waals surface area (Å²) in [6.45, 7) is 0. The fraction of sp³-hybridized carbons (Fsp3) is 0. The van der Waals surface area contributed by atoms with Gasteiger partial charge < -0.3 is 16.8 Å². The fourth-order valence-electron chi connectivity index (χ4n) is 2.54. The summed E-state index contributed by atoms with van der Waals surface area (Å²) < 4.78 is 1.62. The normalized spacial score (nSPS) is 11.0. The maximum Gasteiger partial charge on any atom is 0.223 e. The first-order valence-electron chi connectivity index (χ1n) is 7.47. The minimum atomic E-state index is 0.0678. The molecule has 0 saturated carbocycles. The molecule has 0 atom stereocenters. The lowest BCUT2D eigenvalue weighted by Gasteiger charge is -2.07. The summed E-state index contributed by atoms with van der Waals surface area (Å²) >= 11 is 12.5. The van der Waals surface area contributed by atoms with Gasteiger partial charge in [0.2, 0.25) is 5.95 Å². The van der Waals surface area contributed by atoms with E-state index in [9.17, 15) is 0 Å². The van der Waals surface area contributed by atoms with E-state index in [-0.39, 0.29) is 11.8 Å². The van der Waals surface area contributed by atoms with Crippen LogP contribution in [0.2, 0.25) is 10.0 Å². The molecule has 0 amide bonds. The van der Waals surface area contributed by atoms with Gasteiger partial charge in [-0.1, -0.05) is 29.3 Å². The molecule has 10 heteroatoms. The van der Waals surface area contributed by atoms with E-state index < -0.39 is 0 Å².